The quantitative estimate of drug-likeness (QED) is 0.851. The SMILES string of the molecule is CN(C)S(=O)(=O)c1ccc(-n2ccc(N)n2)nc1. The van der Waals surface area contributed by atoms with E-state index in [2.05, 4.69) is 10.1 Å². The minimum absolute atomic E-state index is 0.136. The Balaban J connectivity index is 2.37. The van der Waals surface area contributed by atoms with Crippen molar-refractivity contribution in [3.8, 4) is 5.82 Å². The number of aromatic nitrogens is 3. The van der Waals surface area contributed by atoms with Crippen LogP contribution < -0.4 is 5.73 Å². The van der Waals surface area contributed by atoms with Crippen LogP contribution in [-0.4, -0.2) is 41.6 Å². The van der Waals surface area contributed by atoms with Crippen molar-refractivity contribution in [1.29, 1.82) is 0 Å². The summed E-state index contributed by atoms with van der Waals surface area (Å²) in [5.41, 5.74) is 5.49. The Bertz CT molecular complexity index is 645. The van der Waals surface area contributed by atoms with Gasteiger partial charge in [0.1, 0.15) is 10.7 Å². The monoisotopic (exact) mass is 267 g/mol. The van der Waals surface area contributed by atoms with E-state index in [0.29, 0.717) is 11.6 Å². The summed E-state index contributed by atoms with van der Waals surface area (Å²) in [5.74, 6) is 0.881. The third kappa shape index (κ3) is 2.20. The molecule has 0 amide bonds. The molecule has 0 aliphatic heterocycles. The average Bonchev–Trinajstić information content (AvgIpc) is 2.76. The van der Waals surface area contributed by atoms with Crippen molar-refractivity contribution < 1.29 is 8.42 Å². The summed E-state index contributed by atoms with van der Waals surface area (Å²) in [6.07, 6.45) is 2.94. The van der Waals surface area contributed by atoms with E-state index < -0.39 is 10.0 Å². The summed E-state index contributed by atoms with van der Waals surface area (Å²) in [7, 11) is -0.515. The molecule has 0 saturated heterocycles. The summed E-state index contributed by atoms with van der Waals surface area (Å²) < 4.78 is 26.3. The number of nitrogen functional groups attached to an aromatic ring is 1. The van der Waals surface area contributed by atoms with E-state index in [1.165, 1.54) is 31.0 Å². The fourth-order valence-corrected chi connectivity index (χ4v) is 2.18. The predicted octanol–water partition coefficient (Wildman–Crippen LogP) is 0.0998. The third-order valence-electron chi connectivity index (χ3n) is 2.34. The van der Waals surface area contributed by atoms with Crippen LogP contribution in [0.4, 0.5) is 5.82 Å². The molecule has 0 unspecified atom stereocenters. The normalized spacial score (nSPS) is 11.9. The standard InChI is InChI=1S/C10H13N5O2S/c1-14(2)18(16,17)8-3-4-10(12-7-8)15-6-5-9(11)13-15/h3-7H,1-2H3,(H2,11,13). The minimum Gasteiger partial charge on any atom is -0.382 e. The van der Waals surface area contributed by atoms with Gasteiger partial charge in [-0.3, -0.25) is 0 Å². The highest BCUT2D eigenvalue weighted by atomic mass is 32.2. The number of hydrogen-bond donors (Lipinski definition) is 1. The lowest BCUT2D eigenvalue weighted by atomic mass is 10.5. The lowest BCUT2D eigenvalue weighted by Crippen LogP contribution is -2.22. The average molecular weight is 267 g/mol. The number of hydrogen-bond acceptors (Lipinski definition) is 5. The largest absolute Gasteiger partial charge is 0.382 e. The molecule has 0 saturated carbocycles. The lowest BCUT2D eigenvalue weighted by molar-refractivity contribution is 0.520. The molecule has 0 radical (unpaired) electrons. The molecule has 2 aromatic rings. The van der Waals surface area contributed by atoms with Gasteiger partial charge in [0.2, 0.25) is 10.0 Å². The van der Waals surface area contributed by atoms with E-state index in [1.807, 2.05) is 0 Å². The fourth-order valence-electron chi connectivity index (χ4n) is 1.34. The summed E-state index contributed by atoms with van der Waals surface area (Å²) in [4.78, 5) is 4.19. The van der Waals surface area contributed by atoms with Crippen LogP contribution in [0.3, 0.4) is 0 Å². The van der Waals surface area contributed by atoms with Gasteiger partial charge in [-0.05, 0) is 12.1 Å². The molecule has 0 fully saturated rings. The van der Waals surface area contributed by atoms with Gasteiger partial charge >= 0.3 is 0 Å². The predicted molar refractivity (Wildman–Crippen MR) is 66.6 cm³/mol. The maximum Gasteiger partial charge on any atom is 0.244 e. The van der Waals surface area contributed by atoms with Crippen LogP contribution in [0.2, 0.25) is 0 Å². The molecule has 8 heteroatoms. The fraction of sp³-hybridized carbons (Fsp3) is 0.200. The third-order valence-corrected chi connectivity index (χ3v) is 4.14. The highest BCUT2D eigenvalue weighted by Crippen LogP contribution is 2.13. The zero-order valence-corrected chi connectivity index (χ0v) is 10.8. The Morgan fingerprint density at radius 3 is 2.44 bits per heavy atom. The number of nitrogens with zero attached hydrogens (tertiary/aromatic N) is 4. The summed E-state index contributed by atoms with van der Waals surface area (Å²) in [6.45, 7) is 0. The Morgan fingerprint density at radius 1 is 1.28 bits per heavy atom. The molecule has 96 valence electrons. The van der Waals surface area contributed by atoms with Crippen LogP contribution >= 0.6 is 0 Å². The van der Waals surface area contributed by atoms with Gasteiger partial charge in [0.05, 0.1) is 0 Å². The second-order valence-electron chi connectivity index (χ2n) is 3.82. The van der Waals surface area contributed by atoms with Gasteiger partial charge < -0.3 is 5.73 Å². The molecule has 0 spiro atoms. The molecule has 0 bridgehead atoms. The van der Waals surface area contributed by atoms with E-state index >= 15 is 0 Å². The van der Waals surface area contributed by atoms with Crippen molar-refractivity contribution in [3.63, 3.8) is 0 Å². The molecule has 0 atom stereocenters. The van der Waals surface area contributed by atoms with Crippen molar-refractivity contribution >= 4 is 15.8 Å². The van der Waals surface area contributed by atoms with E-state index in [-0.39, 0.29) is 4.90 Å². The second kappa shape index (κ2) is 4.39. The van der Waals surface area contributed by atoms with E-state index in [9.17, 15) is 8.42 Å². The zero-order chi connectivity index (χ0) is 13.3. The molecule has 0 aromatic carbocycles. The van der Waals surface area contributed by atoms with Crippen LogP contribution in [0.15, 0.2) is 35.5 Å². The highest BCUT2D eigenvalue weighted by Gasteiger charge is 2.17. The van der Waals surface area contributed by atoms with Gasteiger partial charge in [0.15, 0.2) is 5.82 Å². The van der Waals surface area contributed by atoms with Gasteiger partial charge in [-0.15, -0.1) is 5.10 Å². The highest BCUT2D eigenvalue weighted by molar-refractivity contribution is 7.89. The van der Waals surface area contributed by atoms with Crippen molar-refractivity contribution in [2.24, 2.45) is 0 Å². The number of rotatable bonds is 3. The molecule has 2 N–H and O–H groups in total. The molecule has 2 rings (SSSR count). The second-order valence-corrected chi connectivity index (χ2v) is 5.98. The molecule has 2 aromatic heterocycles. The van der Waals surface area contributed by atoms with E-state index in [4.69, 9.17) is 5.73 Å². The lowest BCUT2D eigenvalue weighted by Gasteiger charge is -2.11. The number of nitrogens with two attached hydrogens (primary N) is 1. The first-order valence-corrected chi connectivity index (χ1v) is 6.55. The molecule has 0 aliphatic carbocycles. The van der Waals surface area contributed by atoms with Gasteiger partial charge in [0.25, 0.3) is 0 Å². The van der Waals surface area contributed by atoms with Crippen molar-refractivity contribution in [2.75, 3.05) is 19.8 Å². The summed E-state index contributed by atoms with van der Waals surface area (Å²) >= 11 is 0. The van der Waals surface area contributed by atoms with Crippen LogP contribution in [-0.2, 0) is 10.0 Å². The van der Waals surface area contributed by atoms with Gasteiger partial charge in [0, 0.05) is 32.6 Å². The van der Waals surface area contributed by atoms with Crippen LogP contribution in [0, 0.1) is 0 Å². The molecule has 7 nitrogen and oxygen atoms in total. The molecule has 0 aliphatic rings. The molecule has 2 heterocycles. The summed E-state index contributed by atoms with van der Waals surface area (Å²) in [6, 6.07) is 4.69. The molecule has 18 heavy (non-hydrogen) atoms. The first-order valence-electron chi connectivity index (χ1n) is 5.11. The Labute approximate surface area is 105 Å². The number of pyridine rings is 1. The Hall–Kier alpha value is -1.93. The van der Waals surface area contributed by atoms with E-state index in [1.54, 1.807) is 18.3 Å². The van der Waals surface area contributed by atoms with Crippen LogP contribution in [0.1, 0.15) is 0 Å². The first-order chi connectivity index (χ1) is 8.41. The maximum absolute atomic E-state index is 11.8. The Morgan fingerprint density at radius 2 is 2.00 bits per heavy atom. The summed E-state index contributed by atoms with van der Waals surface area (Å²) in [5, 5.41) is 3.98. The van der Waals surface area contributed by atoms with E-state index in [0.717, 1.165) is 4.31 Å². The first kappa shape index (κ1) is 12.5. The van der Waals surface area contributed by atoms with Gasteiger partial charge in [-0.2, -0.15) is 0 Å². The zero-order valence-electron chi connectivity index (χ0n) is 9.98. The number of anilines is 1. The number of sulfonamides is 1. The minimum atomic E-state index is -3.45. The van der Waals surface area contributed by atoms with Gasteiger partial charge in [-0.25, -0.2) is 22.4 Å². The van der Waals surface area contributed by atoms with Crippen molar-refractivity contribution in [1.82, 2.24) is 19.1 Å². The van der Waals surface area contributed by atoms with Crippen molar-refractivity contribution in [3.05, 3.63) is 30.6 Å². The van der Waals surface area contributed by atoms with Crippen LogP contribution in [0.5, 0.6) is 0 Å². The Kier molecular flexibility index (Phi) is 3.05. The maximum atomic E-state index is 11.8. The van der Waals surface area contributed by atoms with Crippen molar-refractivity contribution in [2.45, 2.75) is 4.90 Å². The smallest absolute Gasteiger partial charge is 0.244 e. The van der Waals surface area contributed by atoms with Crippen LogP contribution in [0.25, 0.3) is 5.82 Å². The topological polar surface area (TPSA) is 94.1 Å². The molecular weight excluding hydrogens is 254 g/mol. The molecular formula is C10H13N5O2S. The van der Waals surface area contributed by atoms with Gasteiger partial charge in [-0.1, -0.05) is 0 Å².